The average Bonchev–Trinajstić information content (AvgIpc) is 3.66. The number of nitrogens with one attached hydrogen (secondary N) is 3. The van der Waals surface area contributed by atoms with Gasteiger partial charge in [-0.2, -0.15) is 0 Å². The van der Waals surface area contributed by atoms with Gasteiger partial charge in [-0.05, 0) is 72.3 Å². The van der Waals surface area contributed by atoms with Crippen LogP contribution in [0.2, 0.25) is 10.0 Å². The van der Waals surface area contributed by atoms with Crippen molar-refractivity contribution in [1.29, 1.82) is 0 Å². The summed E-state index contributed by atoms with van der Waals surface area (Å²) < 4.78 is 10.9. The van der Waals surface area contributed by atoms with Crippen LogP contribution in [0.4, 0.5) is 10.8 Å². The number of benzene rings is 5. The highest BCUT2D eigenvalue weighted by atomic mass is 35.5. The van der Waals surface area contributed by atoms with E-state index in [1.807, 2.05) is 47.8 Å². The van der Waals surface area contributed by atoms with Crippen molar-refractivity contribution in [2.45, 2.75) is 10.1 Å². The number of anilines is 2. The van der Waals surface area contributed by atoms with Crippen LogP contribution in [0.1, 0.15) is 26.7 Å². The molecule has 0 radical (unpaired) electrons. The number of hydrogen-bond donors (Lipinski definition) is 3. The maximum atomic E-state index is 13.9. The SMILES string of the molecule is COc1ccc(OC)c(/C=C(/NC(=O)c2ccccc2)C(=O)Nc2cccc(SC(C(=O)Nc3nc(-c4ccc(Cl)c(Cl)c4)cs3)c3ccccc3)c2)c1. The second-order valence-corrected chi connectivity index (χ2v) is 14.4. The van der Waals surface area contributed by atoms with Gasteiger partial charge in [-0.3, -0.25) is 14.4 Å². The third kappa shape index (κ3) is 9.68. The summed E-state index contributed by atoms with van der Waals surface area (Å²) in [6.45, 7) is 0. The van der Waals surface area contributed by atoms with E-state index in [1.165, 1.54) is 43.4 Å². The van der Waals surface area contributed by atoms with Crippen LogP contribution in [0.15, 0.2) is 137 Å². The van der Waals surface area contributed by atoms with E-state index in [4.69, 9.17) is 32.7 Å². The zero-order valence-corrected chi connectivity index (χ0v) is 32.0. The van der Waals surface area contributed by atoms with Crippen LogP contribution < -0.4 is 25.4 Å². The quantitative estimate of drug-likeness (QED) is 0.0787. The Bertz CT molecular complexity index is 2320. The average molecular weight is 796 g/mol. The lowest BCUT2D eigenvalue weighted by Gasteiger charge is -2.17. The third-order valence-electron chi connectivity index (χ3n) is 7.90. The number of thioether (sulfide) groups is 1. The number of halogens is 2. The minimum Gasteiger partial charge on any atom is -0.497 e. The van der Waals surface area contributed by atoms with E-state index >= 15 is 0 Å². The van der Waals surface area contributed by atoms with E-state index < -0.39 is 17.1 Å². The lowest BCUT2D eigenvalue weighted by Crippen LogP contribution is -2.30. The highest BCUT2D eigenvalue weighted by Crippen LogP contribution is 2.38. The zero-order chi connectivity index (χ0) is 38.0. The predicted molar refractivity (Wildman–Crippen MR) is 218 cm³/mol. The molecule has 6 rings (SSSR count). The molecule has 5 aromatic carbocycles. The number of methoxy groups -OCH3 is 2. The van der Waals surface area contributed by atoms with Crippen LogP contribution >= 0.6 is 46.3 Å². The molecule has 1 heterocycles. The fourth-order valence-electron chi connectivity index (χ4n) is 5.22. The van der Waals surface area contributed by atoms with Crippen molar-refractivity contribution < 1.29 is 23.9 Å². The molecule has 1 atom stereocenters. The van der Waals surface area contributed by atoms with E-state index in [2.05, 4.69) is 20.9 Å². The fraction of sp³-hybridized carbons (Fsp3) is 0.0732. The van der Waals surface area contributed by atoms with E-state index in [1.54, 1.807) is 78.9 Å². The summed E-state index contributed by atoms with van der Waals surface area (Å²) in [4.78, 5) is 46.3. The van der Waals surface area contributed by atoms with Gasteiger partial charge in [-0.1, -0.05) is 83.9 Å². The number of rotatable bonds is 13. The Morgan fingerprint density at radius 1 is 0.796 bits per heavy atom. The Labute approximate surface area is 330 Å². The highest BCUT2D eigenvalue weighted by molar-refractivity contribution is 8.00. The van der Waals surface area contributed by atoms with Crippen LogP contribution in [-0.2, 0) is 9.59 Å². The normalized spacial score (nSPS) is 11.7. The second-order valence-electron chi connectivity index (χ2n) is 11.5. The van der Waals surface area contributed by atoms with Crippen LogP contribution in [0, 0.1) is 0 Å². The van der Waals surface area contributed by atoms with Crippen molar-refractivity contribution >= 4 is 80.9 Å². The molecule has 0 bridgehead atoms. The Balaban J connectivity index is 1.24. The van der Waals surface area contributed by atoms with Gasteiger partial charge in [0.1, 0.15) is 22.4 Å². The molecule has 0 aliphatic carbocycles. The molecule has 54 heavy (non-hydrogen) atoms. The highest BCUT2D eigenvalue weighted by Gasteiger charge is 2.24. The van der Waals surface area contributed by atoms with Crippen LogP contribution in [-0.4, -0.2) is 36.9 Å². The molecule has 1 aromatic heterocycles. The minimum atomic E-state index is -0.671. The van der Waals surface area contributed by atoms with Gasteiger partial charge in [0.15, 0.2) is 5.13 Å². The van der Waals surface area contributed by atoms with Gasteiger partial charge in [-0.25, -0.2) is 4.98 Å². The minimum absolute atomic E-state index is 0.0290. The smallest absolute Gasteiger partial charge is 0.272 e. The maximum absolute atomic E-state index is 13.9. The molecule has 6 aromatic rings. The zero-order valence-electron chi connectivity index (χ0n) is 28.8. The van der Waals surface area contributed by atoms with Gasteiger partial charge in [-0.15, -0.1) is 23.1 Å². The third-order valence-corrected chi connectivity index (χ3v) is 10.6. The molecule has 0 saturated heterocycles. The summed E-state index contributed by atoms with van der Waals surface area (Å²) in [6, 6.07) is 35.5. The van der Waals surface area contributed by atoms with Crippen LogP contribution in [0.25, 0.3) is 17.3 Å². The monoisotopic (exact) mass is 794 g/mol. The maximum Gasteiger partial charge on any atom is 0.272 e. The molecule has 0 fully saturated rings. The number of nitrogens with zero attached hydrogens (tertiary/aromatic N) is 1. The molecule has 0 saturated carbocycles. The first-order chi connectivity index (χ1) is 26.2. The van der Waals surface area contributed by atoms with Crippen molar-refractivity contribution in [1.82, 2.24) is 10.3 Å². The first kappa shape index (κ1) is 38.1. The number of ether oxygens (including phenoxy) is 2. The summed E-state index contributed by atoms with van der Waals surface area (Å²) in [5, 5.41) is 11.1. The Kier molecular flexibility index (Phi) is 12.7. The predicted octanol–water partition coefficient (Wildman–Crippen LogP) is 10.0. The van der Waals surface area contributed by atoms with Gasteiger partial charge < -0.3 is 25.4 Å². The van der Waals surface area contributed by atoms with Crippen molar-refractivity contribution in [2.75, 3.05) is 24.9 Å². The summed E-state index contributed by atoms with van der Waals surface area (Å²) in [5.74, 6) is -0.312. The molecular formula is C41H32Cl2N4O5S2. The lowest BCUT2D eigenvalue weighted by atomic mass is 10.1. The standard InChI is InChI=1S/C41H32Cl2N4O5S2/c1-51-30-17-19-36(52-2)28(20-30)22-34(45-38(48)26-12-7-4-8-13-26)39(49)44-29-14-9-15-31(23-29)54-37(25-10-5-3-6-11-25)40(50)47-41-46-35(24-53-41)27-16-18-32(42)33(43)21-27/h3-24,37H,1-2H3,(H,44,49)(H,45,48)(H,46,47,50)/b34-22+. The number of carbonyl (C=O) groups excluding carboxylic acids is 3. The van der Waals surface area contributed by atoms with Crippen molar-refractivity contribution in [3.8, 4) is 22.8 Å². The molecule has 0 spiro atoms. The summed E-state index contributed by atoms with van der Waals surface area (Å²) in [6.07, 6.45) is 1.53. The molecule has 272 valence electrons. The fourth-order valence-corrected chi connectivity index (χ4v) is 7.33. The summed E-state index contributed by atoms with van der Waals surface area (Å²) in [7, 11) is 3.05. The van der Waals surface area contributed by atoms with E-state index in [-0.39, 0.29) is 11.6 Å². The van der Waals surface area contributed by atoms with Crippen molar-refractivity contribution in [3.63, 3.8) is 0 Å². The van der Waals surface area contributed by atoms with Crippen LogP contribution in [0.5, 0.6) is 11.5 Å². The molecule has 9 nitrogen and oxygen atoms in total. The first-order valence-electron chi connectivity index (χ1n) is 16.4. The largest absolute Gasteiger partial charge is 0.497 e. The van der Waals surface area contributed by atoms with Gasteiger partial charge in [0.25, 0.3) is 11.8 Å². The topological polar surface area (TPSA) is 119 Å². The number of carbonyl (C=O) groups is 3. The second kappa shape index (κ2) is 18.0. The Morgan fingerprint density at radius 3 is 2.28 bits per heavy atom. The molecule has 0 aliphatic heterocycles. The number of thiazole rings is 1. The van der Waals surface area contributed by atoms with E-state index in [0.717, 1.165) is 11.1 Å². The first-order valence-corrected chi connectivity index (χ1v) is 18.9. The summed E-state index contributed by atoms with van der Waals surface area (Å²) >= 11 is 14.9. The molecule has 0 aliphatic rings. The van der Waals surface area contributed by atoms with E-state index in [9.17, 15) is 14.4 Å². The van der Waals surface area contributed by atoms with Crippen molar-refractivity contribution in [2.24, 2.45) is 0 Å². The van der Waals surface area contributed by atoms with Gasteiger partial charge in [0, 0.05) is 32.7 Å². The Morgan fingerprint density at radius 2 is 1.56 bits per heavy atom. The number of amides is 3. The van der Waals surface area contributed by atoms with Crippen molar-refractivity contribution in [3.05, 3.63) is 159 Å². The molecule has 13 heteroatoms. The summed E-state index contributed by atoms with van der Waals surface area (Å²) in [5.41, 5.74) is 3.51. The molecule has 3 N–H and O–H groups in total. The molecule has 1 unspecified atom stereocenters. The van der Waals surface area contributed by atoms with Gasteiger partial charge in [0.2, 0.25) is 5.91 Å². The van der Waals surface area contributed by atoms with Gasteiger partial charge >= 0.3 is 0 Å². The Hall–Kier alpha value is -5.59. The molecular weight excluding hydrogens is 764 g/mol. The van der Waals surface area contributed by atoms with Crippen LogP contribution in [0.3, 0.4) is 0 Å². The lowest BCUT2D eigenvalue weighted by molar-refractivity contribution is -0.116. The van der Waals surface area contributed by atoms with E-state index in [0.29, 0.717) is 54.1 Å². The van der Waals surface area contributed by atoms with Gasteiger partial charge in [0.05, 0.1) is 30.0 Å². The number of hydrogen-bond acceptors (Lipinski definition) is 8. The number of aromatic nitrogens is 1. The molecule has 3 amide bonds.